The summed E-state index contributed by atoms with van der Waals surface area (Å²) in [6, 6.07) is 19.4. The van der Waals surface area contributed by atoms with E-state index in [2.05, 4.69) is 5.32 Å². The highest BCUT2D eigenvalue weighted by atomic mass is 32.1. The first-order valence-electron chi connectivity index (χ1n) is 9.47. The number of benzene rings is 3. The third kappa shape index (κ3) is 3.37. The number of hydrogen-bond acceptors (Lipinski definition) is 2. The van der Waals surface area contributed by atoms with E-state index in [0.717, 1.165) is 37.7 Å². The Morgan fingerprint density at radius 1 is 0.933 bits per heavy atom. The van der Waals surface area contributed by atoms with Crippen molar-refractivity contribution in [3.8, 4) is 11.1 Å². The normalized spacial score (nSPS) is 13.5. The fourth-order valence-corrected chi connectivity index (χ4v) is 5.10. The molecule has 1 N–H and O–H groups in total. The van der Waals surface area contributed by atoms with Gasteiger partial charge in [0.1, 0.15) is 0 Å². The Kier molecular flexibility index (Phi) is 4.40. The van der Waals surface area contributed by atoms with Gasteiger partial charge in [0.05, 0.1) is 5.56 Å². The van der Waals surface area contributed by atoms with Crippen LogP contribution in [0.2, 0.25) is 0 Å². The zero-order chi connectivity index (χ0) is 20.9. The van der Waals surface area contributed by atoms with Crippen molar-refractivity contribution in [1.29, 1.82) is 0 Å². The molecule has 4 aromatic rings. The monoisotopic (exact) mass is 423 g/mol. The van der Waals surface area contributed by atoms with E-state index in [1.165, 1.54) is 12.1 Å². The number of alkyl halides is 3. The third-order valence-corrected chi connectivity index (χ3v) is 6.52. The van der Waals surface area contributed by atoms with Crippen molar-refractivity contribution in [2.45, 2.75) is 19.1 Å². The number of halogens is 3. The molecule has 150 valence electrons. The maximum absolute atomic E-state index is 13.0. The Hall–Kier alpha value is -3.12. The van der Waals surface area contributed by atoms with Crippen LogP contribution in [0.4, 0.5) is 13.2 Å². The fourth-order valence-electron chi connectivity index (χ4n) is 3.87. The Balaban J connectivity index is 1.52. The third-order valence-electron chi connectivity index (χ3n) is 5.33. The maximum Gasteiger partial charge on any atom is 0.416 e. The molecule has 2 heterocycles. The average molecular weight is 423 g/mol. The maximum atomic E-state index is 13.0. The molecule has 1 aromatic heterocycles. The molecule has 0 fully saturated rings. The second-order valence-corrected chi connectivity index (χ2v) is 8.50. The van der Waals surface area contributed by atoms with Gasteiger partial charge in [0, 0.05) is 28.1 Å². The van der Waals surface area contributed by atoms with E-state index in [4.69, 9.17) is 0 Å². The van der Waals surface area contributed by atoms with Crippen LogP contribution in [-0.2, 0) is 19.1 Å². The first kappa shape index (κ1) is 18.9. The molecule has 0 aliphatic carbocycles. The van der Waals surface area contributed by atoms with Crippen molar-refractivity contribution in [2.24, 2.45) is 0 Å². The van der Waals surface area contributed by atoms with Gasteiger partial charge >= 0.3 is 6.18 Å². The molecular weight excluding hydrogens is 407 g/mol. The molecule has 0 spiro atoms. The quantitative estimate of drug-likeness (QED) is 0.405. The molecule has 30 heavy (non-hydrogen) atoms. The molecule has 0 radical (unpaired) electrons. The van der Waals surface area contributed by atoms with Crippen molar-refractivity contribution in [3.05, 3.63) is 93.9 Å². The molecular formula is C24H16F3NOS. The van der Waals surface area contributed by atoms with Crippen LogP contribution in [-0.4, -0.2) is 5.91 Å². The van der Waals surface area contributed by atoms with Crippen molar-refractivity contribution in [1.82, 2.24) is 5.32 Å². The van der Waals surface area contributed by atoms with Gasteiger partial charge in [-0.3, -0.25) is 4.79 Å². The van der Waals surface area contributed by atoms with Gasteiger partial charge in [-0.1, -0.05) is 48.5 Å². The SMILES string of the molecule is O=C1NCc2ccc(-c3cccc4cc(Cc5cccc(C(F)(F)F)c5)sc34)cc21. The van der Waals surface area contributed by atoms with Crippen molar-refractivity contribution in [2.75, 3.05) is 0 Å². The van der Waals surface area contributed by atoms with Crippen LogP contribution < -0.4 is 5.32 Å². The number of thiophene rings is 1. The smallest absolute Gasteiger partial charge is 0.348 e. The summed E-state index contributed by atoms with van der Waals surface area (Å²) >= 11 is 1.58. The van der Waals surface area contributed by atoms with E-state index in [-0.39, 0.29) is 5.91 Å². The van der Waals surface area contributed by atoms with Crippen LogP contribution in [0.5, 0.6) is 0 Å². The Morgan fingerprint density at radius 2 is 1.77 bits per heavy atom. The summed E-state index contributed by atoms with van der Waals surface area (Å²) in [4.78, 5) is 13.0. The van der Waals surface area contributed by atoms with E-state index in [1.807, 2.05) is 42.5 Å². The highest BCUT2D eigenvalue weighted by Gasteiger charge is 2.30. The first-order valence-corrected chi connectivity index (χ1v) is 10.3. The Morgan fingerprint density at radius 3 is 2.60 bits per heavy atom. The number of fused-ring (bicyclic) bond motifs is 2. The van der Waals surface area contributed by atoms with E-state index in [9.17, 15) is 18.0 Å². The van der Waals surface area contributed by atoms with E-state index in [1.54, 1.807) is 17.4 Å². The topological polar surface area (TPSA) is 29.1 Å². The first-order chi connectivity index (χ1) is 14.4. The molecule has 0 saturated heterocycles. The molecule has 5 rings (SSSR count). The van der Waals surface area contributed by atoms with Gasteiger partial charge in [-0.15, -0.1) is 11.3 Å². The van der Waals surface area contributed by atoms with Gasteiger partial charge in [0.15, 0.2) is 0 Å². The summed E-state index contributed by atoms with van der Waals surface area (Å²) < 4.78 is 40.1. The molecule has 1 aliphatic rings. The minimum Gasteiger partial charge on any atom is -0.348 e. The highest BCUT2D eigenvalue weighted by molar-refractivity contribution is 7.19. The molecule has 0 unspecified atom stereocenters. The predicted octanol–water partition coefficient (Wildman–Crippen LogP) is 6.42. The average Bonchev–Trinajstić information content (AvgIpc) is 3.30. The van der Waals surface area contributed by atoms with Gasteiger partial charge < -0.3 is 5.32 Å². The summed E-state index contributed by atoms with van der Waals surface area (Å²) in [6.45, 7) is 0.554. The minimum absolute atomic E-state index is 0.0598. The van der Waals surface area contributed by atoms with Gasteiger partial charge in [-0.25, -0.2) is 0 Å². The summed E-state index contributed by atoms with van der Waals surface area (Å²) in [5.41, 5.74) is 3.68. The van der Waals surface area contributed by atoms with Crippen LogP contribution in [0.25, 0.3) is 21.2 Å². The second-order valence-electron chi connectivity index (χ2n) is 7.37. The fraction of sp³-hybridized carbons (Fsp3) is 0.125. The number of rotatable bonds is 3. The van der Waals surface area contributed by atoms with E-state index in [0.29, 0.717) is 24.1 Å². The summed E-state index contributed by atoms with van der Waals surface area (Å²) in [5.74, 6) is -0.0598. The van der Waals surface area contributed by atoms with Gasteiger partial charge in [-0.05, 0) is 45.8 Å². The number of amides is 1. The lowest BCUT2D eigenvalue weighted by molar-refractivity contribution is -0.137. The minimum atomic E-state index is -4.34. The lowest BCUT2D eigenvalue weighted by atomic mass is 9.99. The zero-order valence-corrected chi connectivity index (χ0v) is 16.5. The van der Waals surface area contributed by atoms with Gasteiger partial charge in [0.25, 0.3) is 5.91 Å². The van der Waals surface area contributed by atoms with Crippen LogP contribution in [0, 0.1) is 0 Å². The van der Waals surface area contributed by atoms with Crippen molar-refractivity contribution < 1.29 is 18.0 Å². The molecule has 3 aromatic carbocycles. The second kappa shape index (κ2) is 6.99. The highest BCUT2D eigenvalue weighted by Crippen LogP contribution is 2.37. The largest absolute Gasteiger partial charge is 0.416 e. The number of nitrogens with one attached hydrogen (secondary N) is 1. The van der Waals surface area contributed by atoms with Crippen molar-refractivity contribution >= 4 is 27.3 Å². The van der Waals surface area contributed by atoms with Crippen LogP contribution >= 0.6 is 11.3 Å². The predicted molar refractivity (Wildman–Crippen MR) is 113 cm³/mol. The molecule has 6 heteroatoms. The molecule has 1 amide bonds. The number of hydrogen-bond donors (Lipinski definition) is 1. The Bertz CT molecular complexity index is 1290. The summed E-state index contributed by atoms with van der Waals surface area (Å²) in [5, 5.41) is 3.88. The van der Waals surface area contributed by atoms with Gasteiger partial charge in [-0.2, -0.15) is 13.2 Å². The molecule has 0 atom stereocenters. The summed E-state index contributed by atoms with van der Waals surface area (Å²) in [7, 11) is 0. The number of carbonyl (C=O) groups excluding carboxylic acids is 1. The van der Waals surface area contributed by atoms with Crippen molar-refractivity contribution in [3.63, 3.8) is 0 Å². The summed E-state index contributed by atoms with van der Waals surface area (Å²) in [6.07, 6.45) is -3.90. The van der Waals surface area contributed by atoms with Crippen LogP contribution in [0.15, 0.2) is 66.7 Å². The Labute approximate surface area is 175 Å². The van der Waals surface area contributed by atoms with Gasteiger partial charge in [0.2, 0.25) is 0 Å². The van der Waals surface area contributed by atoms with Crippen LogP contribution in [0.3, 0.4) is 0 Å². The molecule has 0 bridgehead atoms. The zero-order valence-electron chi connectivity index (χ0n) is 15.7. The lowest BCUT2D eigenvalue weighted by Gasteiger charge is -2.08. The lowest BCUT2D eigenvalue weighted by Crippen LogP contribution is -2.12. The van der Waals surface area contributed by atoms with E-state index >= 15 is 0 Å². The molecule has 0 saturated carbocycles. The van der Waals surface area contributed by atoms with E-state index < -0.39 is 11.7 Å². The molecule has 2 nitrogen and oxygen atoms in total. The van der Waals surface area contributed by atoms with Crippen LogP contribution in [0.1, 0.15) is 31.9 Å². The standard InChI is InChI=1S/C24H16F3NOS/c25-24(26,27)18-5-1-3-14(9-18)10-19-11-16-4-2-6-20(22(16)30-19)15-7-8-17-13-28-23(29)21(17)12-15/h1-9,11-12H,10,13H2,(H,28,29). The number of carbonyl (C=O) groups is 1. The molecule has 1 aliphatic heterocycles.